The molecule has 1 aromatic carbocycles. The predicted molar refractivity (Wildman–Crippen MR) is 73.4 cm³/mol. The largest absolute Gasteiger partial charge is 0.477 e. The molecule has 104 valence electrons. The van der Waals surface area contributed by atoms with E-state index in [1.807, 2.05) is 12.1 Å². The average Bonchev–Trinajstić information content (AvgIpc) is 2.76. The summed E-state index contributed by atoms with van der Waals surface area (Å²) < 4.78 is 10.6. The van der Waals surface area contributed by atoms with Gasteiger partial charge in [-0.3, -0.25) is 0 Å². The second-order valence-corrected chi connectivity index (χ2v) is 5.23. The number of halogens is 1. The van der Waals surface area contributed by atoms with E-state index < -0.39 is 6.10 Å². The van der Waals surface area contributed by atoms with Crippen LogP contribution in [0.1, 0.15) is 25.8 Å². The molecular formula is C14H18ClNO3. The van der Waals surface area contributed by atoms with Gasteiger partial charge in [0.2, 0.25) is 0 Å². The summed E-state index contributed by atoms with van der Waals surface area (Å²) in [6, 6.07) is 5.94. The van der Waals surface area contributed by atoms with Gasteiger partial charge >= 0.3 is 5.97 Å². The summed E-state index contributed by atoms with van der Waals surface area (Å²) >= 11 is 6.17. The van der Waals surface area contributed by atoms with E-state index in [0.29, 0.717) is 36.4 Å². The summed E-state index contributed by atoms with van der Waals surface area (Å²) in [6.45, 7) is 5.20. The van der Waals surface area contributed by atoms with Gasteiger partial charge in [-0.05, 0) is 6.07 Å². The maximum Gasteiger partial charge on any atom is 0.347 e. The van der Waals surface area contributed by atoms with E-state index in [2.05, 4.69) is 19.2 Å². The van der Waals surface area contributed by atoms with Gasteiger partial charge in [0.15, 0.2) is 6.10 Å². The minimum atomic E-state index is -0.544. The van der Waals surface area contributed by atoms with Crippen LogP contribution in [0, 0.1) is 0 Å². The highest BCUT2D eigenvalue weighted by Gasteiger charge is 2.29. The van der Waals surface area contributed by atoms with Crippen molar-refractivity contribution in [3.63, 3.8) is 0 Å². The molecule has 1 saturated heterocycles. The zero-order valence-corrected chi connectivity index (χ0v) is 11.9. The quantitative estimate of drug-likeness (QED) is 0.844. The first-order chi connectivity index (χ1) is 9.08. The van der Waals surface area contributed by atoms with Gasteiger partial charge in [0, 0.05) is 24.6 Å². The van der Waals surface area contributed by atoms with E-state index >= 15 is 0 Å². The fraction of sp³-hybridized carbons (Fsp3) is 0.500. The van der Waals surface area contributed by atoms with Crippen LogP contribution in [0.4, 0.5) is 0 Å². The maximum atomic E-state index is 11.5. The van der Waals surface area contributed by atoms with Gasteiger partial charge in [-0.1, -0.05) is 37.6 Å². The Morgan fingerprint density at radius 1 is 1.53 bits per heavy atom. The van der Waals surface area contributed by atoms with Gasteiger partial charge < -0.3 is 14.8 Å². The summed E-state index contributed by atoms with van der Waals surface area (Å²) in [5, 5.41) is 3.83. The number of nitrogens with one attached hydrogen (secondary N) is 1. The Hall–Kier alpha value is -1.26. The first-order valence-corrected chi connectivity index (χ1v) is 6.80. The van der Waals surface area contributed by atoms with Crippen molar-refractivity contribution in [2.24, 2.45) is 0 Å². The highest BCUT2D eigenvalue weighted by atomic mass is 35.5. The third-order valence-corrected chi connectivity index (χ3v) is 3.19. The van der Waals surface area contributed by atoms with Gasteiger partial charge in [0.05, 0.1) is 11.6 Å². The summed E-state index contributed by atoms with van der Waals surface area (Å²) in [7, 11) is 0. The summed E-state index contributed by atoms with van der Waals surface area (Å²) in [4.78, 5) is 11.5. The number of rotatable bonds is 5. The molecule has 2 rings (SSSR count). The Balaban J connectivity index is 2.15. The standard InChI is InChI=1S/C14H18ClNO3/c1-9(2)16-8-10-4-3-5-11(15)13(10)19-12-6-7-18-14(12)17/h3-5,9,12,16H,6-8H2,1-2H3. The van der Waals surface area contributed by atoms with E-state index in [1.54, 1.807) is 6.07 Å². The summed E-state index contributed by atoms with van der Waals surface area (Å²) in [5.74, 6) is 0.254. The van der Waals surface area contributed by atoms with Crippen LogP contribution in [-0.4, -0.2) is 24.7 Å². The maximum absolute atomic E-state index is 11.5. The van der Waals surface area contributed by atoms with Crippen LogP contribution < -0.4 is 10.1 Å². The SMILES string of the molecule is CC(C)NCc1cccc(Cl)c1OC1CCOC1=O. The molecule has 4 nitrogen and oxygen atoms in total. The molecule has 1 aliphatic rings. The topological polar surface area (TPSA) is 47.6 Å². The zero-order valence-electron chi connectivity index (χ0n) is 11.1. The van der Waals surface area contributed by atoms with Crippen molar-refractivity contribution in [2.75, 3.05) is 6.61 Å². The van der Waals surface area contributed by atoms with E-state index in [-0.39, 0.29) is 5.97 Å². The lowest BCUT2D eigenvalue weighted by Crippen LogP contribution is -2.25. The van der Waals surface area contributed by atoms with Crippen molar-refractivity contribution < 1.29 is 14.3 Å². The molecule has 1 N–H and O–H groups in total. The molecule has 19 heavy (non-hydrogen) atoms. The number of hydrogen-bond donors (Lipinski definition) is 1. The van der Waals surface area contributed by atoms with Crippen LogP contribution in [-0.2, 0) is 16.1 Å². The number of hydrogen-bond acceptors (Lipinski definition) is 4. The third kappa shape index (κ3) is 3.61. The van der Waals surface area contributed by atoms with Crippen molar-refractivity contribution in [1.29, 1.82) is 0 Å². The van der Waals surface area contributed by atoms with Crippen LogP contribution in [0.3, 0.4) is 0 Å². The lowest BCUT2D eigenvalue weighted by atomic mass is 10.2. The number of para-hydroxylation sites is 1. The van der Waals surface area contributed by atoms with Crippen molar-refractivity contribution in [3.05, 3.63) is 28.8 Å². The van der Waals surface area contributed by atoms with E-state index in [0.717, 1.165) is 5.56 Å². The first kappa shape index (κ1) is 14.2. The van der Waals surface area contributed by atoms with Crippen LogP contribution in [0.15, 0.2) is 18.2 Å². The molecule has 0 amide bonds. The number of carbonyl (C=O) groups is 1. The average molecular weight is 284 g/mol. The molecule has 0 radical (unpaired) electrons. The van der Waals surface area contributed by atoms with Crippen molar-refractivity contribution in [3.8, 4) is 5.75 Å². The van der Waals surface area contributed by atoms with Crippen LogP contribution >= 0.6 is 11.6 Å². The molecule has 1 aliphatic heterocycles. The van der Waals surface area contributed by atoms with Gasteiger partial charge in [-0.15, -0.1) is 0 Å². The lowest BCUT2D eigenvalue weighted by Gasteiger charge is -2.17. The second-order valence-electron chi connectivity index (χ2n) is 4.83. The van der Waals surface area contributed by atoms with Crippen LogP contribution in [0.25, 0.3) is 0 Å². The number of carbonyl (C=O) groups excluding carboxylic acids is 1. The highest BCUT2D eigenvalue weighted by Crippen LogP contribution is 2.31. The van der Waals surface area contributed by atoms with E-state index in [9.17, 15) is 4.79 Å². The number of benzene rings is 1. The second kappa shape index (κ2) is 6.26. The summed E-state index contributed by atoms with van der Waals surface area (Å²) in [6.07, 6.45) is 0.0267. The monoisotopic (exact) mass is 283 g/mol. The molecule has 1 fully saturated rings. The van der Waals surface area contributed by atoms with Gasteiger partial charge in [0.1, 0.15) is 5.75 Å². The Kier molecular flexibility index (Phi) is 4.66. The van der Waals surface area contributed by atoms with Crippen molar-refractivity contribution in [1.82, 2.24) is 5.32 Å². The van der Waals surface area contributed by atoms with Crippen LogP contribution in [0.5, 0.6) is 5.75 Å². The molecule has 0 saturated carbocycles. The molecule has 1 heterocycles. The fourth-order valence-corrected chi connectivity index (χ4v) is 2.10. The Labute approximate surface area is 118 Å². The molecule has 1 unspecified atom stereocenters. The summed E-state index contributed by atoms with van der Waals surface area (Å²) in [5.41, 5.74) is 0.945. The number of esters is 1. The lowest BCUT2D eigenvalue weighted by molar-refractivity contribution is -0.143. The van der Waals surface area contributed by atoms with Crippen molar-refractivity contribution in [2.45, 2.75) is 39.0 Å². The fourth-order valence-electron chi connectivity index (χ4n) is 1.87. The normalized spacial score (nSPS) is 18.7. The highest BCUT2D eigenvalue weighted by molar-refractivity contribution is 6.32. The number of cyclic esters (lactones) is 1. The molecular weight excluding hydrogens is 266 g/mol. The Morgan fingerprint density at radius 2 is 2.32 bits per heavy atom. The Morgan fingerprint density at radius 3 is 2.95 bits per heavy atom. The molecule has 0 spiro atoms. The van der Waals surface area contributed by atoms with Gasteiger partial charge in [-0.2, -0.15) is 0 Å². The first-order valence-electron chi connectivity index (χ1n) is 6.42. The van der Waals surface area contributed by atoms with Gasteiger partial charge in [-0.25, -0.2) is 4.79 Å². The molecule has 0 bridgehead atoms. The smallest absolute Gasteiger partial charge is 0.347 e. The zero-order chi connectivity index (χ0) is 13.8. The van der Waals surface area contributed by atoms with E-state index in [1.165, 1.54) is 0 Å². The molecule has 1 aromatic rings. The van der Waals surface area contributed by atoms with E-state index in [4.69, 9.17) is 21.1 Å². The predicted octanol–water partition coefficient (Wildman–Crippen LogP) is 2.53. The van der Waals surface area contributed by atoms with Crippen LogP contribution in [0.2, 0.25) is 5.02 Å². The third-order valence-electron chi connectivity index (χ3n) is 2.90. The molecule has 1 atom stereocenters. The van der Waals surface area contributed by atoms with Gasteiger partial charge in [0.25, 0.3) is 0 Å². The molecule has 0 aromatic heterocycles. The molecule has 5 heteroatoms. The minimum Gasteiger partial charge on any atom is -0.477 e. The van der Waals surface area contributed by atoms with Crippen molar-refractivity contribution >= 4 is 17.6 Å². The molecule has 0 aliphatic carbocycles. The minimum absolute atomic E-state index is 0.317. The Bertz CT molecular complexity index is 462. The number of ether oxygens (including phenoxy) is 2.